The first kappa shape index (κ1) is 13.1. The predicted octanol–water partition coefficient (Wildman–Crippen LogP) is 3.80. The van der Waals surface area contributed by atoms with Gasteiger partial charge in [-0.05, 0) is 17.5 Å². The van der Waals surface area contributed by atoms with Gasteiger partial charge in [0.05, 0.1) is 0 Å². The van der Waals surface area contributed by atoms with Crippen LogP contribution >= 0.6 is 11.6 Å². The van der Waals surface area contributed by atoms with Crippen LogP contribution in [0.1, 0.15) is 17.2 Å². The standard InChI is InChI=1S/C16H18ClN/c17-11-12-18-16(15-9-5-2-6-10-15)13-14-7-3-1-4-8-14/h1-10,16,18H,11-13H2/t16-/m0/s1. The van der Waals surface area contributed by atoms with E-state index >= 15 is 0 Å². The van der Waals surface area contributed by atoms with Crippen molar-refractivity contribution in [2.24, 2.45) is 0 Å². The van der Waals surface area contributed by atoms with Crippen LogP contribution in [0.3, 0.4) is 0 Å². The molecule has 2 aromatic rings. The van der Waals surface area contributed by atoms with E-state index in [0.717, 1.165) is 13.0 Å². The van der Waals surface area contributed by atoms with Crippen molar-refractivity contribution >= 4 is 11.6 Å². The predicted molar refractivity (Wildman–Crippen MR) is 78.1 cm³/mol. The maximum Gasteiger partial charge on any atom is 0.0361 e. The second-order valence-electron chi connectivity index (χ2n) is 4.30. The monoisotopic (exact) mass is 259 g/mol. The van der Waals surface area contributed by atoms with Gasteiger partial charge in [0.15, 0.2) is 0 Å². The van der Waals surface area contributed by atoms with Crippen molar-refractivity contribution in [1.29, 1.82) is 0 Å². The molecule has 0 bridgehead atoms. The lowest BCUT2D eigenvalue weighted by molar-refractivity contribution is 0.551. The van der Waals surface area contributed by atoms with Crippen molar-refractivity contribution in [3.63, 3.8) is 0 Å². The smallest absolute Gasteiger partial charge is 0.0361 e. The van der Waals surface area contributed by atoms with E-state index in [9.17, 15) is 0 Å². The molecule has 0 fully saturated rings. The summed E-state index contributed by atoms with van der Waals surface area (Å²) in [5.41, 5.74) is 2.65. The lowest BCUT2D eigenvalue weighted by atomic mass is 9.99. The molecule has 94 valence electrons. The maximum atomic E-state index is 5.77. The number of nitrogens with one attached hydrogen (secondary N) is 1. The Morgan fingerprint density at radius 1 is 0.889 bits per heavy atom. The minimum atomic E-state index is 0.326. The SMILES string of the molecule is ClCCN[C@@H](Cc1ccccc1)c1ccccc1. The zero-order valence-corrected chi connectivity index (χ0v) is 11.1. The molecule has 0 heterocycles. The maximum absolute atomic E-state index is 5.77. The molecule has 0 unspecified atom stereocenters. The summed E-state index contributed by atoms with van der Waals surface area (Å²) in [7, 11) is 0. The zero-order chi connectivity index (χ0) is 12.6. The van der Waals surface area contributed by atoms with Crippen LogP contribution in [-0.4, -0.2) is 12.4 Å². The van der Waals surface area contributed by atoms with Crippen molar-refractivity contribution in [3.05, 3.63) is 71.8 Å². The van der Waals surface area contributed by atoms with Crippen molar-refractivity contribution < 1.29 is 0 Å². The molecule has 2 heteroatoms. The van der Waals surface area contributed by atoms with Crippen LogP contribution in [0.5, 0.6) is 0 Å². The molecule has 0 aromatic heterocycles. The van der Waals surface area contributed by atoms with Gasteiger partial charge in [-0.25, -0.2) is 0 Å². The molecule has 0 spiro atoms. The van der Waals surface area contributed by atoms with Crippen LogP contribution in [0.15, 0.2) is 60.7 Å². The molecule has 0 radical (unpaired) electrons. The van der Waals surface area contributed by atoms with E-state index in [-0.39, 0.29) is 0 Å². The highest BCUT2D eigenvalue weighted by Crippen LogP contribution is 2.18. The van der Waals surface area contributed by atoms with E-state index in [1.165, 1.54) is 11.1 Å². The molecule has 1 N–H and O–H groups in total. The first-order valence-electron chi connectivity index (χ1n) is 6.28. The molecule has 2 aromatic carbocycles. The Morgan fingerprint density at radius 3 is 2.11 bits per heavy atom. The quantitative estimate of drug-likeness (QED) is 0.778. The lowest BCUT2D eigenvalue weighted by Crippen LogP contribution is -2.25. The number of benzene rings is 2. The fourth-order valence-corrected chi connectivity index (χ4v) is 2.18. The Labute approximate surface area is 114 Å². The molecule has 0 aliphatic carbocycles. The van der Waals surface area contributed by atoms with Crippen LogP contribution < -0.4 is 5.32 Å². The van der Waals surface area contributed by atoms with Gasteiger partial charge >= 0.3 is 0 Å². The molecule has 18 heavy (non-hydrogen) atoms. The van der Waals surface area contributed by atoms with E-state index in [0.29, 0.717) is 11.9 Å². The Hall–Kier alpha value is -1.31. The Bertz CT molecular complexity index is 441. The third-order valence-electron chi connectivity index (χ3n) is 2.97. The summed E-state index contributed by atoms with van der Waals surface area (Å²) >= 11 is 5.77. The van der Waals surface area contributed by atoms with Crippen LogP contribution in [0.2, 0.25) is 0 Å². The second kappa shape index (κ2) is 7.20. The molecule has 1 nitrogen and oxygen atoms in total. The van der Waals surface area contributed by atoms with Gasteiger partial charge in [-0.15, -0.1) is 11.6 Å². The van der Waals surface area contributed by atoms with Gasteiger partial charge in [0.1, 0.15) is 0 Å². The topological polar surface area (TPSA) is 12.0 Å². The van der Waals surface area contributed by atoms with E-state index in [2.05, 4.69) is 53.8 Å². The van der Waals surface area contributed by atoms with Crippen LogP contribution in [0.4, 0.5) is 0 Å². The summed E-state index contributed by atoms with van der Waals surface area (Å²) in [4.78, 5) is 0. The Kier molecular flexibility index (Phi) is 5.25. The largest absolute Gasteiger partial charge is 0.308 e. The minimum absolute atomic E-state index is 0.326. The molecule has 0 saturated carbocycles. The van der Waals surface area contributed by atoms with Gasteiger partial charge in [0, 0.05) is 18.5 Å². The van der Waals surface area contributed by atoms with Crippen molar-refractivity contribution in [1.82, 2.24) is 5.32 Å². The lowest BCUT2D eigenvalue weighted by Gasteiger charge is -2.19. The number of halogens is 1. The van der Waals surface area contributed by atoms with Gasteiger partial charge in [-0.2, -0.15) is 0 Å². The van der Waals surface area contributed by atoms with Gasteiger partial charge < -0.3 is 5.32 Å². The normalized spacial score (nSPS) is 12.3. The molecule has 0 aliphatic rings. The van der Waals surface area contributed by atoms with Gasteiger partial charge in [-0.3, -0.25) is 0 Å². The molecule has 1 atom stereocenters. The average molecular weight is 260 g/mol. The molecule has 2 rings (SSSR count). The Balaban J connectivity index is 2.10. The summed E-state index contributed by atoms with van der Waals surface area (Å²) in [6.45, 7) is 0.827. The number of hydrogen-bond acceptors (Lipinski definition) is 1. The average Bonchev–Trinajstić information content (AvgIpc) is 2.45. The van der Waals surface area contributed by atoms with Crippen LogP contribution in [0, 0.1) is 0 Å². The van der Waals surface area contributed by atoms with E-state index < -0.39 is 0 Å². The van der Waals surface area contributed by atoms with E-state index in [1.54, 1.807) is 0 Å². The number of hydrogen-bond donors (Lipinski definition) is 1. The molecule has 0 saturated heterocycles. The third kappa shape index (κ3) is 3.86. The van der Waals surface area contributed by atoms with Crippen molar-refractivity contribution in [2.45, 2.75) is 12.5 Å². The summed E-state index contributed by atoms with van der Waals surface area (Å²) in [6, 6.07) is 21.4. The van der Waals surface area contributed by atoms with Crippen molar-refractivity contribution in [3.8, 4) is 0 Å². The summed E-state index contributed by atoms with van der Waals surface area (Å²) in [6.07, 6.45) is 0.988. The summed E-state index contributed by atoms with van der Waals surface area (Å²) < 4.78 is 0. The first-order chi connectivity index (χ1) is 8.90. The van der Waals surface area contributed by atoms with Crippen LogP contribution in [0.25, 0.3) is 0 Å². The highest BCUT2D eigenvalue weighted by molar-refractivity contribution is 6.18. The van der Waals surface area contributed by atoms with E-state index in [4.69, 9.17) is 11.6 Å². The fourth-order valence-electron chi connectivity index (χ4n) is 2.07. The first-order valence-corrected chi connectivity index (χ1v) is 6.82. The molecular formula is C16H18ClN. The number of alkyl halides is 1. The molecule has 0 aliphatic heterocycles. The minimum Gasteiger partial charge on any atom is -0.308 e. The Morgan fingerprint density at radius 2 is 1.50 bits per heavy atom. The van der Waals surface area contributed by atoms with Crippen molar-refractivity contribution in [2.75, 3.05) is 12.4 Å². The zero-order valence-electron chi connectivity index (χ0n) is 10.4. The van der Waals surface area contributed by atoms with Gasteiger partial charge in [0.25, 0.3) is 0 Å². The second-order valence-corrected chi connectivity index (χ2v) is 4.67. The highest BCUT2D eigenvalue weighted by atomic mass is 35.5. The van der Waals surface area contributed by atoms with Gasteiger partial charge in [0.2, 0.25) is 0 Å². The number of rotatable bonds is 6. The molecule has 0 amide bonds. The van der Waals surface area contributed by atoms with Gasteiger partial charge in [-0.1, -0.05) is 60.7 Å². The fraction of sp³-hybridized carbons (Fsp3) is 0.250. The van der Waals surface area contributed by atoms with E-state index in [1.807, 2.05) is 12.1 Å². The summed E-state index contributed by atoms with van der Waals surface area (Å²) in [5.74, 6) is 0.637. The third-order valence-corrected chi connectivity index (χ3v) is 3.16. The highest BCUT2D eigenvalue weighted by Gasteiger charge is 2.10. The van der Waals surface area contributed by atoms with Crippen LogP contribution in [-0.2, 0) is 6.42 Å². The summed E-state index contributed by atoms with van der Waals surface area (Å²) in [5, 5.41) is 3.50. The molecular weight excluding hydrogens is 242 g/mol.